The highest BCUT2D eigenvalue weighted by Gasteiger charge is 2.27. The average molecular weight is 478 g/mol. The summed E-state index contributed by atoms with van der Waals surface area (Å²) in [7, 11) is 1.50. The van der Waals surface area contributed by atoms with Crippen LogP contribution in [0.2, 0.25) is 0 Å². The lowest BCUT2D eigenvalue weighted by atomic mass is 10.1. The Morgan fingerprint density at radius 2 is 1.74 bits per heavy atom. The summed E-state index contributed by atoms with van der Waals surface area (Å²) in [6.07, 6.45) is 3.48. The van der Waals surface area contributed by atoms with Crippen LogP contribution in [0.25, 0.3) is 0 Å². The average Bonchev–Trinajstić information content (AvgIpc) is 2.90. The predicted octanol–water partition coefficient (Wildman–Crippen LogP) is 2.85. The number of ether oxygens (including phenoxy) is 1. The molecule has 8 nitrogen and oxygen atoms in total. The number of carbonyl (C=O) groups is 2. The molecule has 4 rings (SSSR count). The van der Waals surface area contributed by atoms with E-state index in [2.05, 4.69) is 25.4 Å². The van der Waals surface area contributed by atoms with Gasteiger partial charge in [0.15, 0.2) is 0 Å². The van der Waals surface area contributed by atoms with Crippen LogP contribution in [-0.4, -0.2) is 61.5 Å². The van der Waals surface area contributed by atoms with Gasteiger partial charge in [-0.3, -0.25) is 19.5 Å². The van der Waals surface area contributed by atoms with Crippen LogP contribution in [0.3, 0.4) is 0 Å². The van der Waals surface area contributed by atoms with Gasteiger partial charge in [0.2, 0.25) is 0 Å². The normalized spacial score (nSPS) is 14.7. The molecule has 35 heavy (non-hydrogen) atoms. The summed E-state index contributed by atoms with van der Waals surface area (Å²) in [5.41, 5.74) is 2.36. The third-order valence-electron chi connectivity index (χ3n) is 6.03. The second kappa shape index (κ2) is 11.4. The first-order valence-corrected chi connectivity index (χ1v) is 11.4. The first-order chi connectivity index (χ1) is 17.0. The van der Waals surface area contributed by atoms with Crippen LogP contribution >= 0.6 is 0 Å². The van der Waals surface area contributed by atoms with Crippen LogP contribution < -0.4 is 20.3 Å². The summed E-state index contributed by atoms with van der Waals surface area (Å²) < 4.78 is 18.5. The third-order valence-corrected chi connectivity index (χ3v) is 6.03. The highest BCUT2D eigenvalue weighted by molar-refractivity contribution is 6.39. The van der Waals surface area contributed by atoms with Crippen molar-refractivity contribution in [2.45, 2.75) is 6.04 Å². The summed E-state index contributed by atoms with van der Waals surface area (Å²) in [5, 5.41) is 5.37. The van der Waals surface area contributed by atoms with E-state index in [1.807, 2.05) is 12.1 Å². The molecule has 2 heterocycles. The largest absolute Gasteiger partial charge is 0.495 e. The van der Waals surface area contributed by atoms with Gasteiger partial charge < -0.3 is 20.3 Å². The number of carbonyl (C=O) groups excluding carboxylic acids is 2. The molecule has 2 N–H and O–H groups in total. The number of methoxy groups -OCH3 is 1. The van der Waals surface area contributed by atoms with E-state index in [0.717, 1.165) is 37.4 Å². The first kappa shape index (κ1) is 24.2. The van der Waals surface area contributed by atoms with E-state index in [1.54, 1.807) is 48.8 Å². The number of halogens is 1. The van der Waals surface area contributed by atoms with E-state index in [4.69, 9.17) is 4.74 Å². The van der Waals surface area contributed by atoms with Crippen molar-refractivity contribution >= 4 is 23.2 Å². The third kappa shape index (κ3) is 6.13. The summed E-state index contributed by atoms with van der Waals surface area (Å²) in [5.74, 6) is -1.27. The Bertz CT molecular complexity index is 1140. The molecule has 182 valence electrons. The van der Waals surface area contributed by atoms with Gasteiger partial charge in [-0.1, -0.05) is 18.2 Å². The molecule has 0 unspecified atom stereocenters. The van der Waals surface area contributed by atoms with E-state index >= 15 is 0 Å². The molecular weight excluding hydrogens is 449 g/mol. The Morgan fingerprint density at radius 3 is 2.43 bits per heavy atom. The SMILES string of the molecule is COc1ccccc1NC(=O)C(=O)NC[C@@H](c1cccnc1)N1CCN(c2ccc(F)cc2)CC1. The minimum Gasteiger partial charge on any atom is -0.495 e. The molecule has 0 saturated carbocycles. The van der Waals surface area contributed by atoms with Crippen molar-refractivity contribution < 1.29 is 18.7 Å². The van der Waals surface area contributed by atoms with E-state index in [0.29, 0.717) is 11.4 Å². The maximum Gasteiger partial charge on any atom is 0.313 e. The lowest BCUT2D eigenvalue weighted by Gasteiger charge is -2.40. The van der Waals surface area contributed by atoms with Crippen LogP contribution in [0.4, 0.5) is 15.8 Å². The van der Waals surface area contributed by atoms with Crippen LogP contribution in [0, 0.1) is 5.82 Å². The Kier molecular flexibility index (Phi) is 7.89. The number of pyridine rings is 1. The highest BCUT2D eigenvalue weighted by atomic mass is 19.1. The quantitative estimate of drug-likeness (QED) is 0.509. The van der Waals surface area contributed by atoms with Crippen LogP contribution in [0.1, 0.15) is 11.6 Å². The molecule has 2 aromatic carbocycles. The number of nitrogens with one attached hydrogen (secondary N) is 2. The van der Waals surface area contributed by atoms with E-state index in [-0.39, 0.29) is 18.4 Å². The van der Waals surface area contributed by atoms with Crippen LogP contribution in [0.15, 0.2) is 73.1 Å². The molecule has 0 radical (unpaired) electrons. The number of aromatic nitrogens is 1. The summed E-state index contributed by atoms with van der Waals surface area (Å²) in [6, 6.07) is 17.1. The van der Waals surface area contributed by atoms with Gasteiger partial charge in [0, 0.05) is 50.8 Å². The molecule has 9 heteroatoms. The topological polar surface area (TPSA) is 86.8 Å². The van der Waals surface area contributed by atoms with Gasteiger partial charge in [0.1, 0.15) is 11.6 Å². The zero-order valence-corrected chi connectivity index (χ0v) is 19.5. The van der Waals surface area contributed by atoms with Gasteiger partial charge in [-0.15, -0.1) is 0 Å². The maximum absolute atomic E-state index is 13.3. The van der Waals surface area contributed by atoms with Crippen molar-refractivity contribution in [1.29, 1.82) is 0 Å². The molecule has 1 atom stereocenters. The molecule has 3 aromatic rings. The van der Waals surface area contributed by atoms with Crippen LogP contribution in [0.5, 0.6) is 5.75 Å². The van der Waals surface area contributed by atoms with Crippen molar-refractivity contribution in [3.63, 3.8) is 0 Å². The minimum absolute atomic E-state index is 0.151. The number of amides is 2. The van der Waals surface area contributed by atoms with Crippen molar-refractivity contribution in [3.05, 3.63) is 84.4 Å². The number of piperazine rings is 1. The maximum atomic E-state index is 13.3. The molecule has 0 aliphatic carbocycles. The van der Waals surface area contributed by atoms with Gasteiger partial charge in [0.25, 0.3) is 0 Å². The molecule has 0 bridgehead atoms. The fourth-order valence-corrected chi connectivity index (χ4v) is 4.17. The van der Waals surface area contributed by atoms with Gasteiger partial charge in [-0.2, -0.15) is 0 Å². The number of hydrogen-bond donors (Lipinski definition) is 2. The number of nitrogens with zero attached hydrogens (tertiary/aromatic N) is 3. The minimum atomic E-state index is -0.763. The fraction of sp³-hybridized carbons (Fsp3) is 0.269. The smallest absolute Gasteiger partial charge is 0.313 e. The second-order valence-electron chi connectivity index (χ2n) is 8.17. The highest BCUT2D eigenvalue weighted by Crippen LogP contribution is 2.25. The van der Waals surface area contributed by atoms with Gasteiger partial charge in [0.05, 0.1) is 18.8 Å². The Balaban J connectivity index is 1.39. The summed E-state index contributed by atoms with van der Waals surface area (Å²) in [4.78, 5) is 33.8. The molecule has 1 fully saturated rings. The molecule has 1 aromatic heterocycles. The zero-order chi connectivity index (χ0) is 24.6. The first-order valence-electron chi connectivity index (χ1n) is 11.4. The predicted molar refractivity (Wildman–Crippen MR) is 132 cm³/mol. The van der Waals surface area contributed by atoms with Gasteiger partial charge in [-0.25, -0.2) is 4.39 Å². The number of para-hydroxylation sites is 2. The molecule has 1 aliphatic rings. The van der Waals surface area contributed by atoms with E-state index < -0.39 is 11.8 Å². The van der Waals surface area contributed by atoms with E-state index in [9.17, 15) is 14.0 Å². The molecule has 1 aliphatic heterocycles. The molecule has 2 amide bonds. The van der Waals surface area contributed by atoms with Crippen molar-refractivity contribution in [2.24, 2.45) is 0 Å². The molecule has 1 saturated heterocycles. The molecular formula is C26H28FN5O3. The number of rotatable bonds is 7. The standard InChI is InChI=1S/C26H28FN5O3/c1-35-24-7-3-2-6-22(24)30-26(34)25(33)29-18-23(19-5-4-12-28-17-19)32-15-13-31(14-16-32)21-10-8-20(27)9-11-21/h2-12,17,23H,13-16,18H2,1H3,(H,29,33)(H,30,34)/t23-/m0/s1. The van der Waals surface area contributed by atoms with E-state index in [1.165, 1.54) is 19.2 Å². The lowest BCUT2D eigenvalue weighted by Crippen LogP contribution is -2.50. The summed E-state index contributed by atoms with van der Waals surface area (Å²) >= 11 is 0. The number of benzene rings is 2. The summed E-state index contributed by atoms with van der Waals surface area (Å²) in [6.45, 7) is 3.23. The number of anilines is 2. The monoisotopic (exact) mass is 477 g/mol. The molecule has 0 spiro atoms. The second-order valence-corrected chi connectivity index (χ2v) is 8.17. The Morgan fingerprint density at radius 1 is 1.00 bits per heavy atom. The van der Waals surface area contributed by atoms with Gasteiger partial charge >= 0.3 is 11.8 Å². The Hall–Kier alpha value is -3.98. The van der Waals surface area contributed by atoms with Crippen LogP contribution in [-0.2, 0) is 9.59 Å². The fourth-order valence-electron chi connectivity index (χ4n) is 4.17. The van der Waals surface area contributed by atoms with Gasteiger partial charge in [-0.05, 0) is 48.0 Å². The van der Waals surface area contributed by atoms with Crippen molar-refractivity contribution in [2.75, 3.05) is 50.1 Å². The van der Waals surface area contributed by atoms with Crippen molar-refractivity contribution in [3.8, 4) is 5.75 Å². The lowest BCUT2D eigenvalue weighted by molar-refractivity contribution is -0.136. The Labute approximate surface area is 203 Å². The zero-order valence-electron chi connectivity index (χ0n) is 19.5. The van der Waals surface area contributed by atoms with Crippen molar-refractivity contribution in [1.82, 2.24) is 15.2 Å². The number of hydrogen-bond acceptors (Lipinski definition) is 6.